The number of halogens is 2. The van der Waals surface area contributed by atoms with Crippen LogP contribution in [-0.2, 0) is 20.9 Å². The fraction of sp³-hybridized carbons (Fsp3) is 0.158. The van der Waals surface area contributed by atoms with Crippen LogP contribution in [0.1, 0.15) is 16.8 Å². The summed E-state index contributed by atoms with van der Waals surface area (Å²) in [6, 6.07) is 8.80. The highest BCUT2D eigenvalue weighted by molar-refractivity contribution is 6.31. The van der Waals surface area contributed by atoms with Crippen LogP contribution in [0.4, 0.5) is 5.82 Å². The average molecular weight is 435 g/mol. The first-order chi connectivity index (χ1) is 13.9. The van der Waals surface area contributed by atoms with Crippen LogP contribution in [0.3, 0.4) is 0 Å². The molecule has 1 aromatic carbocycles. The van der Waals surface area contributed by atoms with Crippen LogP contribution in [0.2, 0.25) is 10.2 Å². The second kappa shape index (κ2) is 9.40. The normalized spacial score (nSPS) is 11.0. The van der Waals surface area contributed by atoms with Gasteiger partial charge >= 0.3 is 5.97 Å². The first-order valence-electron chi connectivity index (χ1n) is 8.45. The Labute approximate surface area is 176 Å². The fourth-order valence-electron chi connectivity index (χ4n) is 2.42. The Hall–Kier alpha value is -3.10. The van der Waals surface area contributed by atoms with E-state index in [0.717, 1.165) is 5.56 Å². The van der Waals surface area contributed by atoms with Gasteiger partial charge in [-0.15, -0.1) is 0 Å². The lowest BCUT2D eigenvalue weighted by molar-refractivity contribution is -0.142. The minimum atomic E-state index is -0.693. The number of aromatic nitrogens is 3. The number of esters is 1. The SMILES string of the molecule is Cc1nn(Cc2ccc(Cl)cc2)c(Cl)c1/C=C/C(=O)OCC(=O)Nc1ccon1. The molecular formula is C19H16Cl2N4O4. The first kappa shape index (κ1) is 20.6. The van der Waals surface area contributed by atoms with Crippen LogP contribution in [0.25, 0.3) is 6.08 Å². The van der Waals surface area contributed by atoms with Gasteiger partial charge < -0.3 is 14.6 Å². The Balaban J connectivity index is 1.58. The Morgan fingerprint density at radius 1 is 1.24 bits per heavy atom. The van der Waals surface area contributed by atoms with Gasteiger partial charge in [0.2, 0.25) is 0 Å². The minimum Gasteiger partial charge on any atom is -0.452 e. The summed E-state index contributed by atoms with van der Waals surface area (Å²) in [7, 11) is 0. The number of anilines is 1. The predicted octanol–water partition coefficient (Wildman–Crippen LogP) is 3.73. The van der Waals surface area contributed by atoms with Crippen molar-refractivity contribution in [1.29, 1.82) is 0 Å². The Morgan fingerprint density at radius 3 is 2.69 bits per heavy atom. The Bertz CT molecular complexity index is 1030. The maximum absolute atomic E-state index is 11.9. The van der Waals surface area contributed by atoms with Crippen molar-refractivity contribution >= 4 is 47.0 Å². The van der Waals surface area contributed by atoms with Crippen molar-refractivity contribution in [3.05, 3.63) is 69.7 Å². The average Bonchev–Trinajstić information content (AvgIpc) is 3.29. The van der Waals surface area contributed by atoms with E-state index < -0.39 is 18.5 Å². The van der Waals surface area contributed by atoms with Crippen molar-refractivity contribution in [2.75, 3.05) is 11.9 Å². The number of rotatable bonds is 7. The zero-order valence-corrected chi connectivity index (χ0v) is 16.8. The van der Waals surface area contributed by atoms with Gasteiger partial charge in [-0.1, -0.05) is 40.5 Å². The lowest BCUT2D eigenvalue weighted by Crippen LogP contribution is -2.20. The quantitative estimate of drug-likeness (QED) is 0.449. The summed E-state index contributed by atoms with van der Waals surface area (Å²) in [6.07, 6.45) is 4.00. The standard InChI is InChI=1S/C19H16Cl2N4O4/c1-12-15(19(21)25(23-12)10-13-2-4-14(20)5-3-13)6-7-18(27)28-11-17(26)22-16-8-9-29-24-16/h2-9H,10-11H2,1H3,(H,22,24,26)/b7-6+. The van der Waals surface area contributed by atoms with Crippen molar-refractivity contribution in [2.24, 2.45) is 0 Å². The predicted molar refractivity (Wildman–Crippen MR) is 108 cm³/mol. The van der Waals surface area contributed by atoms with Crippen LogP contribution < -0.4 is 5.32 Å². The van der Waals surface area contributed by atoms with E-state index in [-0.39, 0.29) is 5.82 Å². The third-order valence-electron chi connectivity index (χ3n) is 3.79. The van der Waals surface area contributed by atoms with E-state index in [1.54, 1.807) is 23.7 Å². The number of hydrogen-bond acceptors (Lipinski definition) is 6. The van der Waals surface area contributed by atoms with Gasteiger partial charge in [-0.25, -0.2) is 9.48 Å². The molecule has 0 saturated heterocycles. The molecule has 8 nitrogen and oxygen atoms in total. The van der Waals surface area contributed by atoms with Crippen LogP contribution in [0, 0.1) is 6.92 Å². The molecule has 0 unspecified atom stereocenters. The topological polar surface area (TPSA) is 99.2 Å². The van der Waals surface area contributed by atoms with Crippen molar-refractivity contribution in [3.8, 4) is 0 Å². The molecule has 3 aromatic rings. The van der Waals surface area contributed by atoms with E-state index in [9.17, 15) is 9.59 Å². The molecular weight excluding hydrogens is 419 g/mol. The number of nitrogens with zero attached hydrogens (tertiary/aromatic N) is 3. The first-order valence-corrected chi connectivity index (χ1v) is 9.20. The van der Waals surface area contributed by atoms with Gasteiger partial charge in [0.25, 0.3) is 5.91 Å². The van der Waals surface area contributed by atoms with Gasteiger partial charge in [0, 0.05) is 22.7 Å². The van der Waals surface area contributed by atoms with E-state index in [2.05, 4.69) is 20.1 Å². The third-order valence-corrected chi connectivity index (χ3v) is 4.44. The molecule has 0 aliphatic carbocycles. The largest absolute Gasteiger partial charge is 0.452 e. The molecule has 0 aliphatic rings. The molecule has 1 N–H and O–H groups in total. The van der Waals surface area contributed by atoms with E-state index in [1.807, 2.05) is 12.1 Å². The van der Waals surface area contributed by atoms with Gasteiger partial charge in [0.15, 0.2) is 12.4 Å². The number of aryl methyl sites for hydroxylation is 1. The molecule has 0 spiro atoms. The highest BCUT2D eigenvalue weighted by Gasteiger charge is 2.13. The van der Waals surface area contributed by atoms with Crippen LogP contribution in [0.5, 0.6) is 0 Å². The number of nitrogens with one attached hydrogen (secondary N) is 1. The van der Waals surface area contributed by atoms with Crippen molar-refractivity contribution < 1.29 is 18.8 Å². The summed E-state index contributed by atoms with van der Waals surface area (Å²) in [5.41, 5.74) is 2.22. The number of ether oxygens (including phenoxy) is 1. The van der Waals surface area contributed by atoms with Gasteiger partial charge in [-0.2, -0.15) is 5.10 Å². The maximum Gasteiger partial charge on any atom is 0.331 e. The lowest BCUT2D eigenvalue weighted by Gasteiger charge is -2.04. The lowest BCUT2D eigenvalue weighted by atomic mass is 10.2. The van der Waals surface area contributed by atoms with Crippen LogP contribution in [0.15, 0.2) is 47.2 Å². The Kier molecular flexibility index (Phi) is 6.69. The maximum atomic E-state index is 11.9. The third kappa shape index (κ3) is 5.69. The highest BCUT2D eigenvalue weighted by atomic mass is 35.5. The molecule has 3 rings (SSSR count). The molecule has 2 aromatic heterocycles. The fourth-order valence-corrected chi connectivity index (χ4v) is 2.84. The molecule has 29 heavy (non-hydrogen) atoms. The van der Waals surface area contributed by atoms with E-state index >= 15 is 0 Å². The number of carbonyl (C=O) groups excluding carboxylic acids is 2. The number of amides is 1. The smallest absolute Gasteiger partial charge is 0.331 e. The van der Waals surface area contributed by atoms with Gasteiger partial charge in [0.1, 0.15) is 11.4 Å². The zero-order valence-electron chi connectivity index (χ0n) is 15.3. The van der Waals surface area contributed by atoms with E-state index in [1.165, 1.54) is 24.5 Å². The molecule has 2 heterocycles. The molecule has 0 atom stereocenters. The molecule has 0 radical (unpaired) electrons. The van der Waals surface area contributed by atoms with Gasteiger partial charge in [-0.3, -0.25) is 4.79 Å². The molecule has 0 bridgehead atoms. The summed E-state index contributed by atoms with van der Waals surface area (Å²) >= 11 is 12.3. The second-order valence-electron chi connectivity index (χ2n) is 5.95. The summed E-state index contributed by atoms with van der Waals surface area (Å²) in [5.74, 6) is -0.996. The van der Waals surface area contributed by atoms with Gasteiger partial charge in [0.05, 0.1) is 12.2 Å². The summed E-state index contributed by atoms with van der Waals surface area (Å²) < 4.78 is 11.1. The molecule has 1 amide bonds. The number of benzene rings is 1. The summed E-state index contributed by atoms with van der Waals surface area (Å²) in [4.78, 5) is 23.5. The van der Waals surface area contributed by atoms with E-state index in [4.69, 9.17) is 27.9 Å². The van der Waals surface area contributed by atoms with Crippen molar-refractivity contribution in [2.45, 2.75) is 13.5 Å². The number of hydrogen-bond donors (Lipinski definition) is 1. The Morgan fingerprint density at radius 2 is 2.00 bits per heavy atom. The van der Waals surface area contributed by atoms with Crippen molar-refractivity contribution in [3.63, 3.8) is 0 Å². The van der Waals surface area contributed by atoms with Crippen LogP contribution in [-0.4, -0.2) is 33.4 Å². The summed E-state index contributed by atoms with van der Waals surface area (Å²) in [5, 5.41) is 11.4. The number of carbonyl (C=O) groups is 2. The second-order valence-corrected chi connectivity index (χ2v) is 6.74. The molecule has 10 heteroatoms. The van der Waals surface area contributed by atoms with E-state index in [0.29, 0.717) is 28.0 Å². The molecule has 0 aliphatic heterocycles. The molecule has 0 saturated carbocycles. The minimum absolute atomic E-state index is 0.233. The molecule has 0 fully saturated rings. The van der Waals surface area contributed by atoms with Gasteiger partial charge in [-0.05, 0) is 30.7 Å². The zero-order chi connectivity index (χ0) is 20.8. The summed E-state index contributed by atoms with van der Waals surface area (Å²) in [6.45, 7) is 1.77. The molecule has 150 valence electrons. The van der Waals surface area contributed by atoms with Crippen LogP contribution >= 0.6 is 23.2 Å². The monoisotopic (exact) mass is 434 g/mol. The van der Waals surface area contributed by atoms with Crippen molar-refractivity contribution in [1.82, 2.24) is 14.9 Å². The highest BCUT2D eigenvalue weighted by Crippen LogP contribution is 2.22.